The van der Waals surface area contributed by atoms with E-state index in [0.717, 1.165) is 0 Å². The van der Waals surface area contributed by atoms with E-state index in [0.29, 0.717) is 6.42 Å². The molecule has 0 aromatic rings. The third-order valence-electron chi connectivity index (χ3n) is 0.841. The van der Waals surface area contributed by atoms with Gasteiger partial charge in [-0.05, 0) is 29.6 Å². The number of hydrogen-bond acceptors (Lipinski definition) is 2. The Labute approximate surface area is 77.0 Å². The molecular weight excluding hydrogens is 243 g/mol. The van der Waals surface area contributed by atoms with Crippen molar-refractivity contribution in [1.29, 1.82) is 0 Å². The molecule has 0 amide bonds. The lowest BCUT2D eigenvalue weighted by atomic mass is 10.3. The zero-order chi connectivity index (χ0) is 8.15. The van der Waals surface area contributed by atoms with Crippen molar-refractivity contribution in [3.8, 4) is 0 Å². The first kappa shape index (κ1) is 10.4. The second-order valence-electron chi connectivity index (χ2n) is 1.67. The van der Waals surface area contributed by atoms with Crippen LogP contribution < -0.4 is 0 Å². The maximum absolute atomic E-state index is 10.3. The Hall–Kier alpha value is 0.400. The lowest BCUT2D eigenvalue weighted by Crippen LogP contribution is -2.07. The molecule has 2 nitrogen and oxygen atoms in total. The van der Waals surface area contributed by atoms with Crippen LogP contribution in [0.4, 0.5) is 0 Å². The fourth-order valence-corrected chi connectivity index (χ4v) is 0.801. The van der Waals surface area contributed by atoms with Crippen molar-refractivity contribution in [2.45, 2.75) is 17.7 Å². The van der Waals surface area contributed by atoms with Gasteiger partial charge in [-0.2, -0.15) is 0 Å². The Morgan fingerprint density at radius 1 is 1.40 bits per heavy atom. The highest BCUT2D eigenvalue weighted by molar-refractivity contribution is 9.10. The summed E-state index contributed by atoms with van der Waals surface area (Å²) in [5.74, 6) is 0. The lowest BCUT2D eigenvalue weighted by molar-refractivity contribution is -0.112. The van der Waals surface area contributed by atoms with Gasteiger partial charge in [0.15, 0.2) is 0 Å². The average Bonchev–Trinajstić information content (AvgIpc) is 1.82. The van der Waals surface area contributed by atoms with E-state index >= 15 is 0 Å². The summed E-state index contributed by atoms with van der Waals surface area (Å²) in [6.45, 7) is 0. The summed E-state index contributed by atoms with van der Waals surface area (Å²) in [6.07, 6.45) is 0.514. The molecule has 0 aliphatic heterocycles. The zero-order valence-electron chi connectivity index (χ0n) is 4.94. The van der Waals surface area contributed by atoms with Crippen LogP contribution in [0.5, 0.6) is 0 Å². The molecule has 1 unspecified atom stereocenters. The van der Waals surface area contributed by atoms with Gasteiger partial charge >= 0.3 is 0 Å². The smallest absolute Gasteiger partial charge is 0.235 e. The fourth-order valence-electron chi connectivity index (χ4n) is 0.354. The molecule has 0 saturated heterocycles. The van der Waals surface area contributed by atoms with Crippen molar-refractivity contribution in [2.24, 2.45) is 0 Å². The molecule has 0 aromatic carbocycles. The van der Waals surface area contributed by atoms with Gasteiger partial charge < -0.3 is 0 Å². The molecule has 0 aliphatic carbocycles. The highest BCUT2D eigenvalue weighted by Gasteiger charge is 2.12. The number of halogens is 3. The van der Waals surface area contributed by atoms with Gasteiger partial charge in [-0.3, -0.25) is 9.59 Å². The van der Waals surface area contributed by atoms with Gasteiger partial charge in [-0.1, -0.05) is 15.9 Å². The molecule has 10 heavy (non-hydrogen) atoms. The fraction of sp³-hybridized carbons (Fsp3) is 0.600. The Bertz CT molecular complexity index is 149. The standard InChI is InChI=1S/C5H5BrCl2O2/c6-3(5(8)10)1-2-4(7)9/h3H,1-2H2. The maximum Gasteiger partial charge on any atom is 0.235 e. The van der Waals surface area contributed by atoms with Gasteiger partial charge in [-0.25, -0.2) is 0 Å². The minimum atomic E-state index is -0.502. The Morgan fingerprint density at radius 3 is 2.20 bits per heavy atom. The Balaban J connectivity index is 3.49. The first-order valence-corrected chi connectivity index (χ1v) is 4.23. The van der Waals surface area contributed by atoms with Crippen molar-refractivity contribution in [1.82, 2.24) is 0 Å². The lowest BCUT2D eigenvalue weighted by Gasteiger charge is -1.98. The molecule has 0 N–H and O–H groups in total. The molecule has 1 atom stereocenters. The molecule has 5 heteroatoms. The van der Waals surface area contributed by atoms with Gasteiger partial charge in [0, 0.05) is 6.42 Å². The zero-order valence-corrected chi connectivity index (χ0v) is 8.04. The van der Waals surface area contributed by atoms with Crippen molar-refractivity contribution >= 4 is 49.6 Å². The highest BCUT2D eigenvalue weighted by atomic mass is 79.9. The summed E-state index contributed by atoms with van der Waals surface area (Å²) in [5.41, 5.74) is 0. The largest absolute Gasteiger partial charge is 0.281 e. The number of rotatable bonds is 4. The minimum absolute atomic E-state index is 0.163. The van der Waals surface area contributed by atoms with E-state index in [4.69, 9.17) is 23.2 Å². The topological polar surface area (TPSA) is 34.1 Å². The second kappa shape index (κ2) is 5.10. The van der Waals surface area contributed by atoms with Gasteiger partial charge in [0.1, 0.15) is 0 Å². The molecule has 0 rings (SSSR count). The second-order valence-corrected chi connectivity index (χ2v) is 3.56. The van der Waals surface area contributed by atoms with E-state index in [1.807, 2.05) is 0 Å². The van der Waals surface area contributed by atoms with Gasteiger partial charge in [0.25, 0.3) is 0 Å². The van der Waals surface area contributed by atoms with E-state index in [1.54, 1.807) is 0 Å². The van der Waals surface area contributed by atoms with Crippen LogP contribution in [0.1, 0.15) is 12.8 Å². The van der Waals surface area contributed by atoms with E-state index in [9.17, 15) is 9.59 Å². The molecular formula is C5H5BrCl2O2. The summed E-state index contributed by atoms with van der Waals surface area (Å²) in [5, 5.41) is -0.958. The van der Waals surface area contributed by atoms with Crippen molar-refractivity contribution < 1.29 is 9.59 Å². The van der Waals surface area contributed by atoms with Crippen LogP contribution in [0, 0.1) is 0 Å². The summed E-state index contributed by atoms with van der Waals surface area (Å²) in [7, 11) is 0. The van der Waals surface area contributed by atoms with Crippen molar-refractivity contribution in [3.63, 3.8) is 0 Å². The molecule has 0 radical (unpaired) electrons. The van der Waals surface area contributed by atoms with Crippen LogP contribution in [0.15, 0.2) is 0 Å². The van der Waals surface area contributed by atoms with E-state index in [-0.39, 0.29) is 6.42 Å². The van der Waals surface area contributed by atoms with Gasteiger partial charge in [-0.15, -0.1) is 0 Å². The predicted molar refractivity (Wildman–Crippen MR) is 43.7 cm³/mol. The van der Waals surface area contributed by atoms with E-state index in [1.165, 1.54) is 0 Å². The van der Waals surface area contributed by atoms with Crippen LogP contribution >= 0.6 is 39.1 Å². The first-order chi connectivity index (χ1) is 4.54. The minimum Gasteiger partial charge on any atom is -0.281 e. The van der Waals surface area contributed by atoms with Crippen molar-refractivity contribution in [2.75, 3.05) is 0 Å². The first-order valence-electron chi connectivity index (χ1n) is 2.55. The Kier molecular flexibility index (Phi) is 5.31. The van der Waals surface area contributed by atoms with E-state index < -0.39 is 15.3 Å². The van der Waals surface area contributed by atoms with E-state index in [2.05, 4.69) is 15.9 Å². The summed E-state index contributed by atoms with van der Waals surface area (Å²) in [6, 6.07) is 0. The maximum atomic E-state index is 10.3. The molecule has 0 bridgehead atoms. The predicted octanol–water partition coefficient (Wildman–Crippen LogP) is 2.06. The van der Waals surface area contributed by atoms with Crippen LogP contribution in [0.25, 0.3) is 0 Å². The van der Waals surface area contributed by atoms with Gasteiger partial charge in [0.05, 0.1) is 4.83 Å². The van der Waals surface area contributed by atoms with Gasteiger partial charge in [0.2, 0.25) is 10.5 Å². The number of carbonyl (C=O) groups is 2. The van der Waals surface area contributed by atoms with Crippen LogP contribution in [-0.4, -0.2) is 15.3 Å². The average molecular weight is 248 g/mol. The summed E-state index contributed by atoms with van der Waals surface area (Å²) < 4.78 is 0. The van der Waals surface area contributed by atoms with Crippen LogP contribution in [0.3, 0.4) is 0 Å². The molecule has 0 spiro atoms. The third-order valence-corrected chi connectivity index (χ3v) is 2.43. The van der Waals surface area contributed by atoms with Crippen molar-refractivity contribution in [3.05, 3.63) is 0 Å². The quantitative estimate of drug-likeness (QED) is 0.563. The molecule has 0 aromatic heterocycles. The monoisotopic (exact) mass is 246 g/mol. The third kappa shape index (κ3) is 5.21. The SMILES string of the molecule is O=C(Cl)CCC(Br)C(=O)Cl. The number of carbonyl (C=O) groups excluding carboxylic acids is 2. The summed E-state index contributed by atoms with van der Waals surface area (Å²) >= 11 is 13.1. The number of alkyl halides is 1. The molecule has 0 heterocycles. The Morgan fingerprint density at radius 2 is 1.90 bits per heavy atom. The molecule has 0 aliphatic rings. The van der Waals surface area contributed by atoms with Crippen LogP contribution in [0.2, 0.25) is 0 Å². The number of hydrogen-bond donors (Lipinski definition) is 0. The normalized spacial score (nSPS) is 12.7. The molecule has 0 fully saturated rings. The molecule has 58 valence electrons. The highest BCUT2D eigenvalue weighted by Crippen LogP contribution is 2.12. The summed E-state index contributed by atoms with van der Waals surface area (Å²) in [4.78, 5) is 20.0. The van der Waals surface area contributed by atoms with Crippen LogP contribution in [-0.2, 0) is 9.59 Å². The molecule has 0 saturated carbocycles.